The number of fused-ring (bicyclic) bond motifs is 2. The second kappa shape index (κ2) is 6.16. The van der Waals surface area contributed by atoms with E-state index in [0.717, 1.165) is 6.54 Å². The Bertz CT molecular complexity index is 781. The Hall–Kier alpha value is -2.28. The number of hydrogen-bond acceptors (Lipinski definition) is 5. The zero-order valence-corrected chi connectivity index (χ0v) is 15.0. The monoisotopic (exact) mass is 352 g/mol. The van der Waals surface area contributed by atoms with Crippen molar-refractivity contribution in [3.63, 3.8) is 0 Å². The molecule has 0 radical (unpaired) electrons. The zero-order valence-electron chi connectivity index (χ0n) is 15.0. The third-order valence-corrected chi connectivity index (χ3v) is 6.51. The molecule has 1 aromatic heterocycles. The van der Waals surface area contributed by atoms with Gasteiger partial charge in [-0.05, 0) is 54.8 Å². The van der Waals surface area contributed by atoms with Crippen molar-refractivity contribution in [2.75, 3.05) is 19.6 Å². The van der Waals surface area contributed by atoms with E-state index >= 15 is 0 Å². The Labute approximate surface area is 153 Å². The van der Waals surface area contributed by atoms with Crippen LogP contribution < -0.4 is 0 Å². The predicted octanol–water partition coefficient (Wildman–Crippen LogP) is 1.07. The van der Waals surface area contributed by atoms with E-state index < -0.39 is 0 Å². The van der Waals surface area contributed by atoms with Gasteiger partial charge in [0.1, 0.15) is 12.9 Å². The van der Waals surface area contributed by atoms with Crippen LogP contribution in [0.5, 0.6) is 0 Å². The van der Waals surface area contributed by atoms with E-state index in [0.29, 0.717) is 23.9 Å². The number of carbonyl (C=O) groups is 1. The molecule has 7 heteroatoms. The smallest absolute Gasteiger partial charge is 0.244 e. The van der Waals surface area contributed by atoms with Crippen LogP contribution in [0.4, 0.5) is 0 Å². The summed E-state index contributed by atoms with van der Waals surface area (Å²) in [5.74, 6) is 1.15. The van der Waals surface area contributed by atoms with Crippen LogP contribution in [0.25, 0.3) is 0 Å². The largest absolute Gasteiger partial charge is 0.336 e. The van der Waals surface area contributed by atoms with Crippen molar-refractivity contribution in [2.24, 2.45) is 5.92 Å². The van der Waals surface area contributed by atoms with Gasteiger partial charge in [-0.15, -0.1) is 5.10 Å². The van der Waals surface area contributed by atoms with Gasteiger partial charge in [-0.3, -0.25) is 9.69 Å². The number of likely N-dealkylation sites (tertiary alicyclic amines) is 1. The quantitative estimate of drug-likeness (QED) is 0.827. The number of piperidine rings is 3. The molecule has 5 heterocycles. The number of benzene rings is 1. The van der Waals surface area contributed by atoms with Gasteiger partial charge >= 0.3 is 0 Å². The first-order chi connectivity index (χ1) is 12.7. The molecule has 4 aliphatic heterocycles. The second-order valence-corrected chi connectivity index (χ2v) is 7.93. The highest BCUT2D eigenvalue weighted by molar-refractivity contribution is 5.77. The highest BCUT2D eigenvalue weighted by Gasteiger charge is 2.54. The van der Waals surface area contributed by atoms with Crippen molar-refractivity contribution >= 4 is 5.91 Å². The Morgan fingerprint density at radius 1 is 1.15 bits per heavy atom. The SMILES string of the molecule is Cc1ccc([C@@H]2CN(C(=O)Cn3cnnn3)[C@@H]3C4CCN(CC4)[C@@H]32)cc1. The maximum atomic E-state index is 13.1. The number of aryl methyl sites for hydroxylation is 1. The molecular formula is C19H24N6O. The van der Waals surface area contributed by atoms with Crippen molar-refractivity contribution < 1.29 is 4.79 Å². The highest BCUT2D eigenvalue weighted by Crippen LogP contribution is 2.46. The fourth-order valence-corrected chi connectivity index (χ4v) is 5.29. The minimum atomic E-state index is 0.135. The zero-order chi connectivity index (χ0) is 17.7. The summed E-state index contributed by atoms with van der Waals surface area (Å²) in [6.07, 6.45) is 3.92. The molecule has 0 spiro atoms. The fourth-order valence-electron chi connectivity index (χ4n) is 5.29. The number of nitrogens with zero attached hydrogens (tertiary/aromatic N) is 6. The predicted molar refractivity (Wildman–Crippen MR) is 95.3 cm³/mol. The van der Waals surface area contributed by atoms with E-state index in [1.807, 2.05) is 0 Å². The molecule has 2 aromatic rings. The van der Waals surface area contributed by atoms with E-state index in [1.165, 1.54) is 48.1 Å². The molecule has 4 aliphatic rings. The van der Waals surface area contributed by atoms with Crippen LogP contribution in [-0.2, 0) is 11.3 Å². The molecule has 7 nitrogen and oxygen atoms in total. The van der Waals surface area contributed by atoms with Crippen LogP contribution in [-0.4, -0.2) is 67.6 Å². The van der Waals surface area contributed by atoms with Crippen LogP contribution in [0.2, 0.25) is 0 Å². The molecular weight excluding hydrogens is 328 g/mol. The fraction of sp³-hybridized carbons (Fsp3) is 0.579. The van der Waals surface area contributed by atoms with Gasteiger partial charge in [-0.2, -0.15) is 0 Å². The van der Waals surface area contributed by atoms with Gasteiger partial charge in [0.05, 0.1) is 6.04 Å². The van der Waals surface area contributed by atoms with Crippen LogP contribution >= 0.6 is 0 Å². The lowest BCUT2D eigenvalue weighted by Gasteiger charge is -2.51. The van der Waals surface area contributed by atoms with Gasteiger partial charge in [-0.25, -0.2) is 4.68 Å². The molecule has 4 saturated heterocycles. The van der Waals surface area contributed by atoms with E-state index in [4.69, 9.17) is 0 Å². The number of aromatic nitrogens is 4. The third-order valence-electron chi connectivity index (χ3n) is 6.51. The highest BCUT2D eigenvalue weighted by atomic mass is 16.2. The van der Waals surface area contributed by atoms with Crippen molar-refractivity contribution in [3.05, 3.63) is 41.7 Å². The summed E-state index contributed by atoms with van der Waals surface area (Å²) in [7, 11) is 0. The normalized spacial score (nSPS) is 32.7. The molecule has 3 atom stereocenters. The number of carbonyl (C=O) groups excluding carboxylic acids is 1. The van der Waals surface area contributed by atoms with E-state index in [9.17, 15) is 4.79 Å². The molecule has 0 unspecified atom stereocenters. The van der Waals surface area contributed by atoms with Crippen molar-refractivity contribution in [1.82, 2.24) is 30.0 Å². The molecule has 1 aromatic carbocycles. The Kier molecular flexibility index (Phi) is 3.77. The average molecular weight is 352 g/mol. The van der Waals surface area contributed by atoms with Crippen molar-refractivity contribution in [1.29, 1.82) is 0 Å². The van der Waals surface area contributed by atoms with Crippen molar-refractivity contribution in [2.45, 2.75) is 44.3 Å². The summed E-state index contributed by atoms with van der Waals surface area (Å²) in [4.78, 5) is 17.8. The van der Waals surface area contributed by atoms with Crippen LogP contribution in [0, 0.1) is 12.8 Å². The summed E-state index contributed by atoms with van der Waals surface area (Å²) < 4.78 is 1.53. The number of tetrazole rings is 1. The van der Waals surface area contributed by atoms with Gasteiger partial charge in [0, 0.05) is 18.5 Å². The number of rotatable bonds is 3. The topological polar surface area (TPSA) is 67.2 Å². The van der Waals surface area contributed by atoms with Gasteiger partial charge in [0.25, 0.3) is 0 Å². The first-order valence-electron chi connectivity index (χ1n) is 9.51. The van der Waals surface area contributed by atoms with Gasteiger partial charge in [0.2, 0.25) is 5.91 Å². The summed E-state index contributed by atoms with van der Waals surface area (Å²) in [6.45, 7) is 5.48. The van der Waals surface area contributed by atoms with Crippen LogP contribution in [0.15, 0.2) is 30.6 Å². The lowest BCUT2D eigenvalue weighted by Crippen LogP contribution is -2.61. The van der Waals surface area contributed by atoms with Gasteiger partial charge < -0.3 is 4.90 Å². The van der Waals surface area contributed by atoms with E-state index in [2.05, 4.69) is 56.5 Å². The van der Waals surface area contributed by atoms with E-state index in [-0.39, 0.29) is 12.5 Å². The van der Waals surface area contributed by atoms with Crippen LogP contribution in [0.1, 0.15) is 29.9 Å². The molecule has 1 amide bonds. The molecule has 0 N–H and O–H groups in total. The molecule has 0 aliphatic carbocycles. The van der Waals surface area contributed by atoms with Crippen molar-refractivity contribution in [3.8, 4) is 0 Å². The maximum Gasteiger partial charge on any atom is 0.244 e. The Balaban J connectivity index is 1.46. The molecule has 26 heavy (non-hydrogen) atoms. The number of hydrogen-bond donors (Lipinski definition) is 0. The molecule has 0 saturated carbocycles. The lowest BCUT2D eigenvalue weighted by molar-refractivity contribution is -0.136. The van der Waals surface area contributed by atoms with Gasteiger partial charge in [-0.1, -0.05) is 29.8 Å². The Morgan fingerprint density at radius 3 is 2.62 bits per heavy atom. The average Bonchev–Trinajstić information content (AvgIpc) is 3.32. The first-order valence-corrected chi connectivity index (χ1v) is 9.51. The summed E-state index contributed by atoms with van der Waals surface area (Å²) >= 11 is 0. The molecule has 2 bridgehead atoms. The lowest BCUT2D eigenvalue weighted by atomic mass is 9.75. The standard InChI is InChI=1S/C19H24N6O/c1-13-2-4-14(5-3-13)16-10-25(17(26)11-24-12-20-21-22-24)18-15-6-8-23(9-7-15)19(16)18/h2-5,12,15-16,18-19H,6-11H2,1H3/t16-,18+,19+/m0/s1. The minimum Gasteiger partial charge on any atom is -0.336 e. The second-order valence-electron chi connectivity index (χ2n) is 7.93. The molecule has 136 valence electrons. The summed E-state index contributed by atoms with van der Waals surface area (Å²) in [5, 5.41) is 11.2. The third kappa shape index (κ3) is 2.53. The first kappa shape index (κ1) is 15.9. The molecule has 4 fully saturated rings. The summed E-state index contributed by atoms with van der Waals surface area (Å²) in [6, 6.07) is 9.64. The van der Waals surface area contributed by atoms with E-state index in [1.54, 1.807) is 0 Å². The molecule has 6 rings (SSSR count). The summed E-state index contributed by atoms with van der Waals surface area (Å²) in [5.41, 5.74) is 2.64. The Morgan fingerprint density at radius 2 is 1.92 bits per heavy atom. The van der Waals surface area contributed by atoms with Gasteiger partial charge in [0.15, 0.2) is 0 Å². The minimum absolute atomic E-state index is 0.135. The van der Waals surface area contributed by atoms with Crippen LogP contribution in [0.3, 0.4) is 0 Å². The number of amides is 1. The maximum absolute atomic E-state index is 13.1.